The second kappa shape index (κ2) is 8.85. The van der Waals surface area contributed by atoms with Gasteiger partial charge in [0, 0.05) is 33.2 Å². The lowest BCUT2D eigenvalue weighted by molar-refractivity contribution is -0.146. The number of likely N-dealkylation sites (N-methyl/N-ethyl adjacent to an activating group) is 1. The number of rotatable bonds is 5. The zero-order chi connectivity index (χ0) is 22.0. The first-order valence-corrected chi connectivity index (χ1v) is 12.1. The third-order valence-electron chi connectivity index (χ3n) is 5.25. The summed E-state index contributed by atoms with van der Waals surface area (Å²) >= 11 is 1.11. The van der Waals surface area contributed by atoms with Crippen molar-refractivity contribution in [3.63, 3.8) is 0 Å². The molecule has 2 aromatic rings. The number of carbonyl (C=O) groups is 2. The van der Waals surface area contributed by atoms with Crippen molar-refractivity contribution in [2.45, 2.75) is 10.3 Å². The van der Waals surface area contributed by atoms with E-state index < -0.39 is 16.1 Å². The predicted molar refractivity (Wildman–Crippen MR) is 114 cm³/mol. The van der Waals surface area contributed by atoms with Gasteiger partial charge in [-0.15, -0.1) is 11.3 Å². The van der Waals surface area contributed by atoms with Crippen LogP contribution in [-0.4, -0.2) is 86.8 Å². The number of piperazine rings is 1. The summed E-state index contributed by atoms with van der Waals surface area (Å²) in [7, 11) is -2.29. The molecule has 9 nitrogen and oxygen atoms in total. The quantitative estimate of drug-likeness (QED) is 0.651. The molecule has 2 amide bonds. The molecule has 1 saturated heterocycles. The van der Waals surface area contributed by atoms with Gasteiger partial charge in [-0.25, -0.2) is 8.42 Å². The highest BCUT2D eigenvalue weighted by atomic mass is 32.2. The van der Waals surface area contributed by atoms with Gasteiger partial charge in [0.1, 0.15) is 10.8 Å². The van der Waals surface area contributed by atoms with E-state index in [1.807, 2.05) is 12.1 Å². The maximum atomic E-state index is 12.8. The standard InChI is InChI=1S/C20H23N3O6S2/c1-21(31(26,27)19-7-4-12-30-19)13-18(24)22-8-10-23(11-9-22)20(25)17-14-28-15-5-2-3-6-16(15)29-17/h2-7,12,17H,8-11,13-14H2,1H3. The zero-order valence-electron chi connectivity index (χ0n) is 17.0. The highest BCUT2D eigenvalue weighted by molar-refractivity contribution is 7.91. The van der Waals surface area contributed by atoms with E-state index in [1.165, 1.54) is 13.1 Å². The van der Waals surface area contributed by atoms with Crippen LogP contribution in [0.4, 0.5) is 0 Å². The van der Waals surface area contributed by atoms with E-state index in [-0.39, 0.29) is 29.2 Å². The molecule has 0 saturated carbocycles. The van der Waals surface area contributed by atoms with Gasteiger partial charge in [-0.1, -0.05) is 18.2 Å². The van der Waals surface area contributed by atoms with Crippen molar-refractivity contribution in [3.05, 3.63) is 41.8 Å². The van der Waals surface area contributed by atoms with Crippen LogP contribution >= 0.6 is 11.3 Å². The predicted octanol–water partition coefficient (Wildman–Crippen LogP) is 0.879. The van der Waals surface area contributed by atoms with Crippen LogP contribution in [0, 0.1) is 0 Å². The number of ether oxygens (including phenoxy) is 2. The molecule has 1 unspecified atom stereocenters. The highest BCUT2D eigenvalue weighted by Crippen LogP contribution is 2.31. The lowest BCUT2D eigenvalue weighted by Gasteiger charge is -2.37. The van der Waals surface area contributed by atoms with Crippen molar-refractivity contribution in [1.29, 1.82) is 0 Å². The van der Waals surface area contributed by atoms with Gasteiger partial charge in [0.2, 0.25) is 12.0 Å². The number of amides is 2. The summed E-state index contributed by atoms with van der Waals surface area (Å²) in [6.45, 7) is 1.27. The number of hydrogen-bond donors (Lipinski definition) is 0. The van der Waals surface area contributed by atoms with Crippen molar-refractivity contribution in [2.75, 3.05) is 46.4 Å². The first-order valence-electron chi connectivity index (χ1n) is 9.81. The molecular weight excluding hydrogens is 442 g/mol. The maximum absolute atomic E-state index is 12.8. The van der Waals surface area contributed by atoms with Crippen molar-refractivity contribution < 1.29 is 27.5 Å². The molecular formula is C20H23N3O6S2. The van der Waals surface area contributed by atoms with Crippen molar-refractivity contribution in [2.24, 2.45) is 0 Å². The topological polar surface area (TPSA) is 96.5 Å². The van der Waals surface area contributed by atoms with Crippen LogP contribution in [0.1, 0.15) is 0 Å². The second-order valence-electron chi connectivity index (χ2n) is 7.26. The van der Waals surface area contributed by atoms with Crippen molar-refractivity contribution in [3.8, 4) is 11.5 Å². The summed E-state index contributed by atoms with van der Waals surface area (Å²) in [5, 5.41) is 1.68. The zero-order valence-corrected chi connectivity index (χ0v) is 18.6. The van der Waals surface area contributed by atoms with E-state index in [2.05, 4.69) is 0 Å². The number of fused-ring (bicyclic) bond motifs is 1. The average molecular weight is 466 g/mol. The smallest absolute Gasteiger partial charge is 0.267 e. The van der Waals surface area contributed by atoms with Gasteiger partial charge in [0.25, 0.3) is 15.9 Å². The Bertz CT molecular complexity index is 1050. The summed E-state index contributed by atoms with van der Waals surface area (Å²) < 4.78 is 37.7. The Morgan fingerprint density at radius 1 is 1.06 bits per heavy atom. The fourth-order valence-corrected chi connectivity index (χ4v) is 5.78. The summed E-state index contributed by atoms with van der Waals surface area (Å²) in [4.78, 5) is 28.7. The van der Waals surface area contributed by atoms with Crippen LogP contribution in [0.25, 0.3) is 0 Å². The molecule has 1 aromatic carbocycles. The van der Waals surface area contributed by atoms with Crippen LogP contribution < -0.4 is 9.47 Å². The number of thiophene rings is 1. The monoisotopic (exact) mass is 465 g/mol. The Morgan fingerprint density at radius 3 is 2.42 bits per heavy atom. The number of hydrogen-bond acceptors (Lipinski definition) is 7. The van der Waals surface area contributed by atoms with E-state index in [0.717, 1.165) is 15.6 Å². The molecule has 11 heteroatoms. The molecule has 0 radical (unpaired) electrons. The largest absolute Gasteiger partial charge is 0.485 e. The number of sulfonamides is 1. The lowest BCUT2D eigenvalue weighted by Crippen LogP contribution is -2.56. The molecule has 0 aliphatic carbocycles. The molecule has 0 bridgehead atoms. The second-order valence-corrected chi connectivity index (χ2v) is 10.5. The molecule has 2 aliphatic rings. The molecule has 1 fully saturated rings. The van der Waals surface area contributed by atoms with Gasteiger partial charge in [-0.3, -0.25) is 9.59 Å². The van der Waals surface area contributed by atoms with Crippen molar-refractivity contribution in [1.82, 2.24) is 14.1 Å². The molecule has 2 aliphatic heterocycles. The Hall–Kier alpha value is -2.63. The minimum atomic E-state index is -3.68. The summed E-state index contributed by atoms with van der Waals surface area (Å²) in [6.07, 6.45) is -0.723. The molecule has 4 rings (SSSR count). The minimum absolute atomic E-state index is 0.139. The molecule has 0 spiro atoms. The normalized spacial score (nSPS) is 18.8. The van der Waals surface area contributed by atoms with Crippen LogP contribution in [0.2, 0.25) is 0 Å². The SMILES string of the molecule is CN(CC(=O)N1CCN(C(=O)C2COc3ccccc3O2)CC1)S(=O)(=O)c1cccs1. The minimum Gasteiger partial charge on any atom is -0.485 e. The third kappa shape index (κ3) is 4.53. The van der Waals surface area contributed by atoms with E-state index in [4.69, 9.17) is 9.47 Å². The van der Waals surface area contributed by atoms with Gasteiger partial charge >= 0.3 is 0 Å². The van der Waals surface area contributed by atoms with Crippen LogP contribution in [-0.2, 0) is 19.6 Å². The maximum Gasteiger partial charge on any atom is 0.267 e. The molecule has 1 aromatic heterocycles. The molecule has 166 valence electrons. The lowest BCUT2D eigenvalue weighted by atomic mass is 10.2. The molecule has 1 atom stereocenters. The number of benzene rings is 1. The van der Waals surface area contributed by atoms with E-state index in [9.17, 15) is 18.0 Å². The van der Waals surface area contributed by atoms with Crippen LogP contribution in [0.5, 0.6) is 11.5 Å². The number of nitrogens with zero attached hydrogens (tertiary/aromatic N) is 3. The third-order valence-corrected chi connectivity index (χ3v) is 8.42. The summed E-state index contributed by atoms with van der Waals surface area (Å²) in [5.74, 6) is 0.680. The van der Waals surface area contributed by atoms with Crippen LogP contribution in [0.3, 0.4) is 0 Å². The summed E-state index contributed by atoms with van der Waals surface area (Å²) in [6, 6.07) is 10.4. The fourth-order valence-electron chi connectivity index (χ4n) is 3.46. The Balaban J connectivity index is 1.29. The molecule has 31 heavy (non-hydrogen) atoms. The number of para-hydroxylation sites is 2. The van der Waals surface area contributed by atoms with Gasteiger partial charge in [-0.2, -0.15) is 4.31 Å². The first-order chi connectivity index (χ1) is 14.9. The fraction of sp³-hybridized carbons (Fsp3) is 0.400. The van der Waals surface area contributed by atoms with E-state index >= 15 is 0 Å². The van der Waals surface area contributed by atoms with Gasteiger partial charge < -0.3 is 19.3 Å². The van der Waals surface area contributed by atoms with Gasteiger partial charge in [0.15, 0.2) is 11.5 Å². The first kappa shape index (κ1) is 21.6. The van der Waals surface area contributed by atoms with Crippen LogP contribution in [0.15, 0.2) is 46.0 Å². The van der Waals surface area contributed by atoms with E-state index in [1.54, 1.807) is 33.4 Å². The molecule has 0 N–H and O–H groups in total. The Labute approximate surface area is 184 Å². The Kier molecular flexibility index (Phi) is 6.17. The Morgan fingerprint density at radius 2 is 1.74 bits per heavy atom. The molecule has 3 heterocycles. The van der Waals surface area contributed by atoms with Gasteiger partial charge in [-0.05, 0) is 23.6 Å². The highest BCUT2D eigenvalue weighted by Gasteiger charge is 2.34. The summed E-state index contributed by atoms with van der Waals surface area (Å²) in [5.41, 5.74) is 0. The van der Waals surface area contributed by atoms with E-state index in [0.29, 0.717) is 37.7 Å². The van der Waals surface area contributed by atoms with Crippen molar-refractivity contribution >= 4 is 33.2 Å². The average Bonchev–Trinajstić information content (AvgIpc) is 3.34. The number of carbonyl (C=O) groups excluding carboxylic acids is 2. The van der Waals surface area contributed by atoms with Gasteiger partial charge in [0.05, 0.1) is 6.54 Å².